The number of aromatic nitrogens is 2. The first-order chi connectivity index (χ1) is 8.09. The van der Waals surface area contributed by atoms with E-state index in [2.05, 4.69) is 13.8 Å². The Hall–Kier alpha value is -0.990. The molecular formula is C14H23N3. The van der Waals surface area contributed by atoms with Gasteiger partial charge in [0, 0.05) is 18.5 Å². The van der Waals surface area contributed by atoms with Crippen molar-refractivity contribution < 1.29 is 0 Å². The molecule has 2 aliphatic rings. The summed E-state index contributed by atoms with van der Waals surface area (Å²) in [6.07, 6.45) is 5.32. The molecule has 2 saturated carbocycles. The lowest BCUT2D eigenvalue weighted by Gasteiger charge is -2.07. The van der Waals surface area contributed by atoms with Gasteiger partial charge in [0.25, 0.3) is 0 Å². The van der Waals surface area contributed by atoms with E-state index in [1.54, 1.807) is 0 Å². The van der Waals surface area contributed by atoms with E-state index in [9.17, 15) is 0 Å². The molecule has 0 aromatic carbocycles. The van der Waals surface area contributed by atoms with Crippen molar-refractivity contribution in [3.05, 3.63) is 11.3 Å². The number of hydrogen-bond acceptors (Lipinski definition) is 2. The van der Waals surface area contributed by atoms with Gasteiger partial charge in [0.2, 0.25) is 0 Å². The van der Waals surface area contributed by atoms with Crippen LogP contribution < -0.4 is 5.73 Å². The van der Waals surface area contributed by atoms with E-state index in [-0.39, 0.29) is 0 Å². The van der Waals surface area contributed by atoms with Crippen LogP contribution in [0.3, 0.4) is 0 Å². The Kier molecular flexibility index (Phi) is 2.46. The minimum Gasteiger partial charge on any atom is -0.384 e. The smallest absolute Gasteiger partial charge is 0.124 e. The van der Waals surface area contributed by atoms with Crippen LogP contribution >= 0.6 is 0 Å². The van der Waals surface area contributed by atoms with Crippen LogP contribution in [0.2, 0.25) is 0 Å². The average molecular weight is 233 g/mol. The van der Waals surface area contributed by atoms with Crippen LogP contribution in [0.25, 0.3) is 0 Å². The fraction of sp³-hybridized carbons (Fsp3) is 0.786. The summed E-state index contributed by atoms with van der Waals surface area (Å²) >= 11 is 0. The molecule has 2 aliphatic carbocycles. The fourth-order valence-electron chi connectivity index (χ4n) is 3.71. The summed E-state index contributed by atoms with van der Waals surface area (Å²) in [5.74, 6) is 4.13. The van der Waals surface area contributed by atoms with Crippen molar-refractivity contribution in [3.8, 4) is 0 Å². The van der Waals surface area contributed by atoms with Crippen molar-refractivity contribution in [1.82, 2.24) is 9.78 Å². The minimum absolute atomic E-state index is 0.652. The van der Waals surface area contributed by atoms with Crippen molar-refractivity contribution in [2.24, 2.45) is 24.8 Å². The van der Waals surface area contributed by atoms with Crippen LogP contribution in [0.1, 0.15) is 50.3 Å². The molecule has 0 spiro atoms. The largest absolute Gasteiger partial charge is 0.384 e. The maximum absolute atomic E-state index is 6.17. The molecule has 0 bridgehead atoms. The van der Waals surface area contributed by atoms with Gasteiger partial charge in [-0.2, -0.15) is 5.10 Å². The first-order valence-corrected chi connectivity index (χ1v) is 6.90. The van der Waals surface area contributed by atoms with E-state index in [1.165, 1.54) is 30.5 Å². The second-order valence-electron chi connectivity index (χ2n) is 6.26. The molecular weight excluding hydrogens is 210 g/mol. The summed E-state index contributed by atoms with van der Waals surface area (Å²) in [5, 5.41) is 4.70. The third-order valence-electron chi connectivity index (χ3n) is 4.56. The molecule has 1 heterocycles. The Labute approximate surface area is 103 Å². The number of fused-ring (bicyclic) bond motifs is 1. The zero-order valence-corrected chi connectivity index (χ0v) is 11.1. The van der Waals surface area contributed by atoms with E-state index in [1.807, 2.05) is 11.7 Å². The van der Waals surface area contributed by atoms with Crippen molar-refractivity contribution in [3.63, 3.8) is 0 Å². The summed E-state index contributed by atoms with van der Waals surface area (Å²) in [5.41, 5.74) is 8.83. The number of anilines is 1. The van der Waals surface area contributed by atoms with E-state index in [4.69, 9.17) is 10.8 Å². The Balaban J connectivity index is 1.91. The molecule has 3 nitrogen and oxygen atoms in total. The highest BCUT2D eigenvalue weighted by atomic mass is 15.3. The highest BCUT2D eigenvalue weighted by molar-refractivity contribution is 5.47. The molecule has 2 unspecified atom stereocenters. The van der Waals surface area contributed by atoms with Gasteiger partial charge in [0.1, 0.15) is 5.82 Å². The molecule has 3 heteroatoms. The molecule has 1 aromatic heterocycles. The van der Waals surface area contributed by atoms with E-state index in [0.717, 1.165) is 30.0 Å². The zero-order valence-electron chi connectivity index (χ0n) is 11.1. The molecule has 2 atom stereocenters. The zero-order chi connectivity index (χ0) is 12.2. The molecule has 0 saturated heterocycles. The maximum Gasteiger partial charge on any atom is 0.124 e. The van der Waals surface area contributed by atoms with Crippen LogP contribution in [0.5, 0.6) is 0 Å². The first kappa shape index (κ1) is 11.1. The highest BCUT2D eigenvalue weighted by Crippen LogP contribution is 2.63. The van der Waals surface area contributed by atoms with Crippen LogP contribution in [-0.4, -0.2) is 9.78 Å². The average Bonchev–Trinajstić information content (AvgIpc) is 2.63. The number of rotatable bonds is 3. The van der Waals surface area contributed by atoms with Gasteiger partial charge in [-0.3, -0.25) is 4.68 Å². The number of nitrogens with two attached hydrogens (primary N) is 1. The second kappa shape index (κ2) is 3.76. The molecule has 94 valence electrons. The number of aryl methyl sites for hydroxylation is 1. The van der Waals surface area contributed by atoms with Gasteiger partial charge >= 0.3 is 0 Å². The van der Waals surface area contributed by atoms with Gasteiger partial charge in [0.05, 0.1) is 5.69 Å². The van der Waals surface area contributed by atoms with Gasteiger partial charge in [-0.05, 0) is 37.0 Å². The molecule has 2 N–H and O–H groups in total. The molecule has 0 amide bonds. The van der Waals surface area contributed by atoms with Crippen molar-refractivity contribution >= 4 is 5.82 Å². The Morgan fingerprint density at radius 2 is 2.00 bits per heavy atom. The lowest BCUT2D eigenvalue weighted by atomic mass is 9.98. The SMILES string of the molecule is CC(C)Cc1c(C2C3CCCC32)nn(C)c1N. The van der Waals surface area contributed by atoms with Crippen molar-refractivity contribution in [1.29, 1.82) is 0 Å². The molecule has 0 aliphatic heterocycles. The Morgan fingerprint density at radius 1 is 1.35 bits per heavy atom. The lowest BCUT2D eigenvalue weighted by molar-refractivity contribution is 0.626. The van der Waals surface area contributed by atoms with Gasteiger partial charge in [-0.25, -0.2) is 0 Å². The predicted molar refractivity (Wildman–Crippen MR) is 69.7 cm³/mol. The van der Waals surface area contributed by atoms with Crippen LogP contribution in [0.15, 0.2) is 0 Å². The first-order valence-electron chi connectivity index (χ1n) is 6.90. The van der Waals surface area contributed by atoms with Gasteiger partial charge in [0.15, 0.2) is 0 Å². The third kappa shape index (κ3) is 1.67. The third-order valence-corrected chi connectivity index (χ3v) is 4.56. The number of nitrogen functional groups attached to an aromatic ring is 1. The van der Waals surface area contributed by atoms with Gasteiger partial charge in [-0.1, -0.05) is 20.3 Å². The van der Waals surface area contributed by atoms with E-state index >= 15 is 0 Å². The predicted octanol–water partition coefficient (Wildman–Crippen LogP) is 2.71. The number of nitrogens with zero attached hydrogens (tertiary/aromatic N) is 2. The van der Waals surface area contributed by atoms with Gasteiger partial charge in [-0.15, -0.1) is 0 Å². The topological polar surface area (TPSA) is 43.8 Å². The van der Waals surface area contributed by atoms with Crippen molar-refractivity contribution in [2.45, 2.75) is 45.4 Å². The van der Waals surface area contributed by atoms with Gasteiger partial charge < -0.3 is 5.73 Å². The minimum atomic E-state index is 0.652. The Morgan fingerprint density at radius 3 is 2.59 bits per heavy atom. The summed E-state index contributed by atoms with van der Waals surface area (Å²) in [6, 6.07) is 0. The Bertz CT molecular complexity index is 423. The summed E-state index contributed by atoms with van der Waals surface area (Å²) in [7, 11) is 1.97. The lowest BCUT2D eigenvalue weighted by Crippen LogP contribution is -2.02. The van der Waals surface area contributed by atoms with Crippen LogP contribution in [-0.2, 0) is 13.5 Å². The number of hydrogen-bond donors (Lipinski definition) is 1. The van der Waals surface area contributed by atoms with Crippen LogP contribution in [0, 0.1) is 17.8 Å². The standard InChI is InChI=1S/C14H23N3/c1-8(2)7-11-13(16-17(3)14(11)15)12-9-5-4-6-10(9)12/h8-10,12H,4-7,15H2,1-3H3. The molecule has 0 radical (unpaired) electrons. The molecule has 3 rings (SSSR count). The fourth-order valence-corrected chi connectivity index (χ4v) is 3.71. The molecule has 17 heavy (non-hydrogen) atoms. The van der Waals surface area contributed by atoms with Crippen LogP contribution in [0.4, 0.5) is 5.82 Å². The maximum atomic E-state index is 6.17. The van der Waals surface area contributed by atoms with E-state index < -0.39 is 0 Å². The molecule has 2 fully saturated rings. The summed E-state index contributed by atoms with van der Waals surface area (Å²) < 4.78 is 1.88. The van der Waals surface area contributed by atoms with Crippen molar-refractivity contribution in [2.75, 3.05) is 5.73 Å². The van der Waals surface area contributed by atoms with E-state index in [0.29, 0.717) is 5.92 Å². The second-order valence-corrected chi connectivity index (χ2v) is 6.26. The quantitative estimate of drug-likeness (QED) is 0.872. The summed E-state index contributed by atoms with van der Waals surface area (Å²) in [4.78, 5) is 0. The summed E-state index contributed by atoms with van der Waals surface area (Å²) in [6.45, 7) is 4.51. The normalized spacial score (nSPS) is 30.9. The molecule has 1 aromatic rings. The highest BCUT2D eigenvalue weighted by Gasteiger charge is 2.55. The monoisotopic (exact) mass is 233 g/mol.